The normalized spacial score (nSPS) is 11.2. The molecule has 168 valence electrons. The number of nitrogens with zero attached hydrogens (tertiary/aromatic N) is 3. The van der Waals surface area contributed by atoms with Crippen LogP contribution in [0, 0.1) is 6.92 Å². The highest BCUT2D eigenvalue weighted by Gasteiger charge is 2.19. The van der Waals surface area contributed by atoms with Crippen molar-refractivity contribution < 1.29 is 13.2 Å². The van der Waals surface area contributed by atoms with Gasteiger partial charge in [0.1, 0.15) is 6.61 Å². The third kappa shape index (κ3) is 5.68. The highest BCUT2D eigenvalue weighted by molar-refractivity contribution is 7.98. The van der Waals surface area contributed by atoms with Crippen LogP contribution in [-0.4, -0.2) is 29.6 Å². The van der Waals surface area contributed by atoms with Crippen LogP contribution >= 0.6 is 11.8 Å². The summed E-state index contributed by atoms with van der Waals surface area (Å²) in [5.74, 6) is 0.102. The first-order valence-electron chi connectivity index (χ1n) is 10.1. The van der Waals surface area contributed by atoms with E-state index in [0.29, 0.717) is 5.69 Å². The van der Waals surface area contributed by atoms with Gasteiger partial charge < -0.3 is 4.74 Å². The number of hydrogen-bond acceptors (Lipinski definition) is 7. The quantitative estimate of drug-likeness (QED) is 0.358. The summed E-state index contributed by atoms with van der Waals surface area (Å²) in [5.41, 5.74) is 3.20. The molecule has 2 aromatic carbocycles. The van der Waals surface area contributed by atoms with Gasteiger partial charge in [0.05, 0.1) is 16.8 Å². The third-order valence-corrected chi connectivity index (χ3v) is 6.89. The number of aryl methyl sites for hydroxylation is 1. The fraction of sp³-hybridized carbons (Fsp3) is 0.125. The average Bonchev–Trinajstić information content (AvgIpc) is 2.84. The predicted octanol–water partition coefficient (Wildman–Crippen LogP) is 4.95. The summed E-state index contributed by atoms with van der Waals surface area (Å²) in [4.78, 5) is 14.2. The minimum absolute atomic E-state index is 0.0175. The van der Waals surface area contributed by atoms with Gasteiger partial charge in [0, 0.05) is 28.4 Å². The van der Waals surface area contributed by atoms with Crippen molar-refractivity contribution >= 4 is 27.6 Å². The molecule has 2 aromatic heterocycles. The lowest BCUT2D eigenvalue weighted by atomic mass is 10.2. The van der Waals surface area contributed by atoms with Crippen LogP contribution in [0.1, 0.15) is 11.1 Å². The standard InChI is InChI=1S/C24H22N4O3S2/c1-17-5-11-21(12-6-17)33(29,30)28-23-24(31-16-18-4-3-13-25-14-18)27-22(15-26-23)19-7-9-20(32-2)10-8-19/h3-15H,16H2,1-2H3,(H,26,28). The van der Waals surface area contributed by atoms with Gasteiger partial charge in [-0.2, -0.15) is 0 Å². The van der Waals surface area contributed by atoms with Crippen LogP contribution in [0.3, 0.4) is 0 Å². The van der Waals surface area contributed by atoms with E-state index in [-0.39, 0.29) is 23.2 Å². The second kappa shape index (κ2) is 10.0. The maximum absolute atomic E-state index is 12.9. The van der Waals surface area contributed by atoms with Crippen LogP contribution in [0.25, 0.3) is 11.3 Å². The van der Waals surface area contributed by atoms with Crippen LogP contribution < -0.4 is 9.46 Å². The number of thioether (sulfide) groups is 1. The summed E-state index contributed by atoms with van der Waals surface area (Å²) in [6.45, 7) is 2.06. The van der Waals surface area contributed by atoms with E-state index in [1.807, 2.05) is 43.5 Å². The second-order valence-electron chi connectivity index (χ2n) is 7.21. The summed E-state index contributed by atoms with van der Waals surface area (Å²) in [7, 11) is -3.87. The van der Waals surface area contributed by atoms with E-state index in [1.54, 1.807) is 54.5 Å². The van der Waals surface area contributed by atoms with E-state index in [0.717, 1.165) is 21.6 Å². The molecule has 0 fully saturated rings. The minimum atomic E-state index is -3.87. The highest BCUT2D eigenvalue weighted by atomic mass is 32.2. The number of nitrogens with one attached hydrogen (secondary N) is 1. The molecule has 9 heteroatoms. The van der Waals surface area contributed by atoms with Crippen molar-refractivity contribution in [3.8, 4) is 17.1 Å². The second-order valence-corrected chi connectivity index (χ2v) is 9.77. The van der Waals surface area contributed by atoms with Crippen LogP contribution in [0.2, 0.25) is 0 Å². The summed E-state index contributed by atoms with van der Waals surface area (Å²) in [5, 5.41) is 0. The van der Waals surface area contributed by atoms with E-state index in [4.69, 9.17) is 4.74 Å². The topological polar surface area (TPSA) is 94.1 Å². The van der Waals surface area contributed by atoms with Crippen LogP contribution in [-0.2, 0) is 16.6 Å². The molecule has 0 spiro atoms. The molecule has 0 radical (unpaired) electrons. The van der Waals surface area contributed by atoms with Gasteiger partial charge >= 0.3 is 0 Å². The number of sulfonamides is 1. The van der Waals surface area contributed by atoms with E-state index >= 15 is 0 Å². The predicted molar refractivity (Wildman–Crippen MR) is 130 cm³/mol. The Bertz CT molecular complexity index is 1330. The molecule has 0 saturated carbocycles. The Balaban J connectivity index is 1.67. The highest BCUT2D eigenvalue weighted by Crippen LogP contribution is 2.28. The SMILES string of the molecule is CSc1ccc(-c2cnc(NS(=O)(=O)c3ccc(C)cc3)c(OCc3cccnc3)n2)cc1. The summed E-state index contributed by atoms with van der Waals surface area (Å²) < 4.78 is 34.2. The molecular formula is C24H22N4O3S2. The van der Waals surface area contributed by atoms with Crippen LogP contribution in [0.15, 0.2) is 89.0 Å². The zero-order valence-corrected chi connectivity index (χ0v) is 19.7. The largest absolute Gasteiger partial charge is 0.470 e. The van der Waals surface area contributed by atoms with Gasteiger partial charge in [-0.05, 0) is 43.5 Å². The van der Waals surface area contributed by atoms with E-state index < -0.39 is 10.0 Å². The van der Waals surface area contributed by atoms with Crippen molar-refractivity contribution in [2.75, 3.05) is 11.0 Å². The minimum Gasteiger partial charge on any atom is -0.470 e. The molecule has 7 nitrogen and oxygen atoms in total. The van der Waals surface area contributed by atoms with Crippen molar-refractivity contribution in [2.45, 2.75) is 23.3 Å². The molecule has 4 aromatic rings. The summed E-state index contributed by atoms with van der Waals surface area (Å²) in [6, 6.07) is 18.1. The average molecular weight is 479 g/mol. The number of benzene rings is 2. The molecule has 0 amide bonds. The Labute approximate surface area is 197 Å². The number of ether oxygens (including phenoxy) is 1. The Morgan fingerprint density at radius 3 is 2.42 bits per heavy atom. The van der Waals surface area contributed by atoms with Gasteiger partial charge in [-0.3, -0.25) is 9.71 Å². The van der Waals surface area contributed by atoms with Crippen LogP contribution in [0.5, 0.6) is 5.88 Å². The molecule has 0 bridgehead atoms. The van der Waals surface area contributed by atoms with Crippen LogP contribution in [0.4, 0.5) is 5.82 Å². The van der Waals surface area contributed by atoms with E-state index in [1.165, 1.54) is 6.20 Å². The smallest absolute Gasteiger partial charge is 0.263 e. The van der Waals surface area contributed by atoms with Gasteiger partial charge in [-0.1, -0.05) is 35.9 Å². The molecule has 2 heterocycles. The van der Waals surface area contributed by atoms with Crippen molar-refractivity contribution in [1.82, 2.24) is 15.0 Å². The number of rotatable bonds is 8. The lowest BCUT2D eigenvalue weighted by molar-refractivity contribution is 0.294. The third-order valence-electron chi connectivity index (χ3n) is 4.79. The number of pyridine rings is 1. The maximum atomic E-state index is 12.9. The maximum Gasteiger partial charge on any atom is 0.263 e. The lowest BCUT2D eigenvalue weighted by Gasteiger charge is -2.13. The molecule has 33 heavy (non-hydrogen) atoms. The zero-order chi connectivity index (χ0) is 23.3. The van der Waals surface area contributed by atoms with Gasteiger partial charge in [-0.25, -0.2) is 18.4 Å². The molecule has 4 rings (SSSR count). The first-order valence-corrected chi connectivity index (χ1v) is 12.8. The van der Waals surface area contributed by atoms with Gasteiger partial charge in [-0.15, -0.1) is 11.8 Å². The van der Waals surface area contributed by atoms with Crippen molar-refractivity contribution in [3.63, 3.8) is 0 Å². The van der Waals surface area contributed by atoms with Gasteiger partial charge in [0.25, 0.3) is 15.9 Å². The summed E-state index contributed by atoms with van der Waals surface area (Å²) >= 11 is 1.65. The molecule has 0 aliphatic rings. The fourth-order valence-electron chi connectivity index (χ4n) is 2.98. The number of aromatic nitrogens is 3. The van der Waals surface area contributed by atoms with Crippen molar-refractivity contribution in [1.29, 1.82) is 0 Å². The van der Waals surface area contributed by atoms with Crippen molar-refractivity contribution in [3.05, 3.63) is 90.4 Å². The first kappa shape index (κ1) is 22.8. The van der Waals surface area contributed by atoms with E-state index in [2.05, 4.69) is 19.7 Å². The molecule has 0 atom stereocenters. The molecule has 0 unspecified atom stereocenters. The fourth-order valence-corrected chi connectivity index (χ4v) is 4.40. The summed E-state index contributed by atoms with van der Waals surface area (Å²) in [6.07, 6.45) is 6.88. The Morgan fingerprint density at radius 1 is 1.00 bits per heavy atom. The lowest BCUT2D eigenvalue weighted by Crippen LogP contribution is -2.15. The molecular weight excluding hydrogens is 456 g/mol. The number of hydrogen-bond donors (Lipinski definition) is 1. The van der Waals surface area contributed by atoms with E-state index in [9.17, 15) is 8.42 Å². The Morgan fingerprint density at radius 2 is 1.76 bits per heavy atom. The Kier molecular flexibility index (Phi) is 6.90. The first-order chi connectivity index (χ1) is 15.9. The molecule has 1 N–H and O–H groups in total. The monoisotopic (exact) mass is 478 g/mol. The van der Waals surface area contributed by atoms with Gasteiger partial charge in [0.15, 0.2) is 0 Å². The molecule has 0 aliphatic heterocycles. The van der Waals surface area contributed by atoms with Gasteiger partial charge in [0.2, 0.25) is 5.82 Å². The molecule has 0 saturated heterocycles. The molecule has 0 aliphatic carbocycles. The zero-order valence-electron chi connectivity index (χ0n) is 18.1. The Hall–Kier alpha value is -3.43. The number of anilines is 1. The van der Waals surface area contributed by atoms with Crippen molar-refractivity contribution in [2.24, 2.45) is 0 Å².